The van der Waals surface area contributed by atoms with Gasteiger partial charge in [0.2, 0.25) is 0 Å². The van der Waals surface area contributed by atoms with Gasteiger partial charge in [-0.25, -0.2) is 4.79 Å². The fourth-order valence-electron chi connectivity index (χ4n) is 3.65. The van der Waals surface area contributed by atoms with E-state index in [0.717, 1.165) is 29.6 Å². The molecule has 39 heavy (non-hydrogen) atoms. The number of amides is 1. The van der Waals surface area contributed by atoms with E-state index in [1.54, 1.807) is 16.3 Å². The molecule has 1 saturated heterocycles. The molecule has 2 heterocycles. The monoisotopic (exact) mass is 558 g/mol. The van der Waals surface area contributed by atoms with Crippen LogP contribution in [-0.4, -0.2) is 80.3 Å². The summed E-state index contributed by atoms with van der Waals surface area (Å²) in [5.74, 6) is -0.607. The molecule has 3 aromatic rings. The summed E-state index contributed by atoms with van der Waals surface area (Å²) in [6.45, 7) is 5.06. The Hall–Kier alpha value is -3.14. The lowest BCUT2D eigenvalue weighted by Gasteiger charge is -2.12. The third-order valence-corrected chi connectivity index (χ3v) is 5.53. The standard InChI is InChI=1S/C18H19NO4.C8H13N3O2.C2H6S/c1-13-2-4-14(5-3-13)15-6-7-17-16(12-15)19(18(21)23-17)8-10-22-11-9-20;9-2-4-11-8(12)7-6-10-3-1-5-13-7;1-3-2/h2-7,12,20H,8-11H2,1H3;7,10H,1,3-6H2,(H,11,12);1-2H3/t;7-;/m.0./s1. The zero-order valence-electron chi connectivity index (χ0n) is 22.8. The van der Waals surface area contributed by atoms with E-state index in [1.807, 2.05) is 43.7 Å². The minimum Gasteiger partial charge on any atom is -0.408 e. The molecule has 0 saturated carbocycles. The van der Waals surface area contributed by atoms with Crippen LogP contribution in [0.3, 0.4) is 0 Å². The highest BCUT2D eigenvalue weighted by atomic mass is 32.2. The van der Waals surface area contributed by atoms with Crippen LogP contribution in [0, 0.1) is 18.3 Å². The average Bonchev–Trinajstić information content (AvgIpc) is 3.09. The van der Waals surface area contributed by atoms with Crippen LogP contribution >= 0.6 is 11.8 Å². The second-order valence-corrected chi connectivity index (χ2v) is 9.42. The minimum absolute atomic E-state index is 0.0292. The highest BCUT2D eigenvalue weighted by molar-refractivity contribution is 7.97. The van der Waals surface area contributed by atoms with Crippen LogP contribution in [0.4, 0.5) is 0 Å². The molecule has 212 valence electrons. The number of fused-ring (bicyclic) bond motifs is 1. The van der Waals surface area contributed by atoms with Crippen molar-refractivity contribution in [1.82, 2.24) is 15.2 Å². The van der Waals surface area contributed by atoms with E-state index in [4.69, 9.17) is 24.3 Å². The Labute approximate surface area is 233 Å². The van der Waals surface area contributed by atoms with Crippen LogP contribution in [-0.2, 0) is 20.8 Å². The number of nitrogens with one attached hydrogen (secondary N) is 2. The predicted molar refractivity (Wildman–Crippen MR) is 154 cm³/mol. The first-order valence-electron chi connectivity index (χ1n) is 12.7. The third kappa shape index (κ3) is 10.9. The Morgan fingerprint density at radius 1 is 1.23 bits per heavy atom. The number of nitrogens with zero attached hydrogens (tertiary/aromatic N) is 2. The Morgan fingerprint density at radius 3 is 2.64 bits per heavy atom. The number of aliphatic hydroxyl groups excluding tert-OH is 1. The molecule has 1 aliphatic rings. The topological polar surface area (TPSA) is 139 Å². The van der Waals surface area contributed by atoms with Crippen molar-refractivity contribution in [2.75, 3.05) is 58.6 Å². The van der Waals surface area contributed by atoms with Crippen molar-refractivity contribution in [3.8, 4) is 17.2 Å². The number of carbonyl (C=O) groups is 1. The first-order valence-corrected chi connectivity index (χ1v) is 14.3. The Kier molecular flexibility index (Phi) is 15.0. The average molecular weight is 559 g/mol. The van der Waals surface area contributed by atoms with Crippen molar-refractivity contribution < 1.29 is 23.8 Å². The molecule has 0 aliphatic carbocycles. The van der Waals surface area contributed by atoms with Crippen molar-refractivity contribution in [1.29, 1.82) is 5.26 Å². The molecule has 2 aromatic carbocycles. The zero-order valence-corrected chi connectivity index (χ0v) is 23.6. The molecule has 0 spiro atoms. The van der Waals surface area contributed by atoms with Gasteiger partial charge in [-0.1, -0.05) is 35.9 Å². The van der Waals surface area contributed by atoms with Gasteiger partial charge in [-0.2, -0.15) is 17.0 Å². The molecular weight excluding hydrogens is 520 g/mol. The fraction of sp³-hybridized carbons (Fsp3) is 0.464. The number of aryl methyl sites for hydroxylation is 1. The Bertz CT molecular complexity index is 1230. The Morgan fingerprint density at radius 2 is 1.95 bits per heavy atom. The van der Waals surface area contributed by atoms with Gasteiger partial charge in [0.25, 0.3) is 5.91 Å². The van der Waals surface area contributed by atoms with E-state index in [2.05, 4.69) is 34.9 Å². The predicted octanol–water partition coefficient (Wildman–Crippen LogP) is 2.56. The number of hydrogen-bond donors (Lipinski definition) is 3. The van der Waals surface area contributed by atoms with Gasteiger partial charge in [-0.3, -0.25) is 9.36 Å². The van der Waals surface area contributed by atoms with Gasteiger partial charge in [0.05, 0.1) is 38.0 Å². The number of thioether (sulfide) groups is 1. The lowest BCUT2D eigenvalue weighted by molar-refractivity contribution is -0.131. The SMILES string of the molecule is CSC.Cc1ccc(-c2ccc3oc(=O)n(CCOCCO)c3c2)cc1.N#CCNC(=O)[C@@H]1CNCCCO1. The first kappa shape index (κ1) is 32.1. The van der Waals surface area contributed by atoms with Gasteiger partial charge >= 0.3 is 5.76 Å². The molecule has 10 nitrogen and oxygen atoms in total. The summed E-state index contributed by atoms with van der Waals surface area (Å²) in [6.07, 6.45) is 4.55. The number of aromatic nitrogens is 1. The van der Waals surface area contributed by atoms with Crippen LogP contribution in [0.25, 0.3) is 22.2 Å². The van der Waals surface area contributed by atoms with Crippen molar-refractivity contribution in [2.45, 2.75) is 26.0 Å². The van der Waals surface area contributed by atoms with Crippen LogP contribution in [0.2, 0.25) is 0 Å². The van der Waals surface area contributed by atoms with Gasteiger partial charge in [0.1, 0.15) is 12.6 Å². The van der Waals surface area contributed by atoms with Crippen LogP contribution in [0.5, 0.6) is 0 Å². The van der Waals surface area contributed by atoms with Gasteiger partial charge < -0.3 is 29.6 Å². The number of rotatable bonds is 8. The third-order valence-electron chi connectivity index (χ3n) is 5.53. The summed E-state index contributed by atoms with van der Waals surface area (Å²) in [7, 11) is 0. The lowest BCUT2D eigenvalue weighted by Crippen LogP contribution is -2.41. The van der Waals surface area contributed by atoms with Crippen LogP contribution in [0.1, 0.15) is 12.0 Å². The number of ether oxygens (including phenoxy) is 2. The minimum atomic E-state index is -0.448. The van der Waals surface area contributed by atoms with E-state index in [9.17, 15) is 9.59 Å². The molecule has 0 bridgehead atoms. The van der Waals surface area contributed by atoms with Gasteiger partial charge in [0, 0.05) is 13.2 Å². The zero-order chi connectivity index (χ0) is 28.5. The number of aliphatic hydroxyl groups is 1. The number of carbonyl (C=O) groups excluding carboxylic acids is 1. The van der Waals surface area contributed by atoms with Crippen molar-refractivity contribution in [3.63, 3.8) is 0 Å². The van der Waals surface area contributed by atoms with Crippen LogP contribution in [0.15, 0.2) is 51.7 Å². The van der Waals surface area contributed by atoms with E-state index >= 15 is 0 Å². The molecule has 1 aromatic heterocycles. The van der Waals surface area contributed by atoms with Gasteiger partial charge in [-0.15, -0.1) is 0 Å². The van der Waals surface area contributed by atoms with Gasteiger partial charge in [0.15, 0.2) is 5.58 Å². The molecule has 0 unspecified atom stereocenters. The van der Waals surface area contributed by atoms with Crippen molar-refractivity contribution in [3.05, 3.63) is 58.6 Å². The number of benzene rings is 2. The summed E-state index contributed by atoms with van der Waals surface area (Å²) in [6, 6.07) is 15.8. The maximum atomic E-state index is 12.0. The summed E-state index contributed by atoms with van der Waals surface area (Å²) < 4.78 is 17.3. The maximum absolute atomic E-state index is 12.0. The van der Waals surface area contributed by atoms with Crippen LogP contribution < -0.4 is 16.4 Å². The van der Waals surface area contributed by atoms with Crippen molar-refractivity contribution in [2.24, 2.45) is 0 Å². The Balaban J connectivity index is 0.000000282. The normalized spacial score (nSPS) is 14.7. The molecule has 1 amide bonds. The number of oxazole rings is 1. The van der Waals surface area contributed by atoms with E-state index in [-0.39, 0.29) is 25.7 Å². The van der Waals surface area contributed by atoms with E-state index in [1.165, 1.54) is 5.56 Å². The van der Waals surface area contributed by atoms with Gasteiger partial charge in [-0.05, 0) is 55.7 Å². The maximum Gasteiger partial charge on any atom is 0.420 e. The molecule has 3 N–H and O–H groups in total. The van der Waals surface area contributed by atoms with Crippen molar-refractivity contribution >= 4 is 28.8 Å². The second-order valence-electron chi connectivity index (χ2n) is 8.61. The summed E-state index contributed by atoms with van der Waals surface area (Å²) >= 11 is 1.75. The summed E-state index contributed by atoms with van der Waals surface area (Å²) in [5.41, 5.74) is 4.64. The summed E-state index contributed by atoms with van der Waals surface area (Å²) in [4.78, 5) is 23.3. The molecular formula is C28H38N4O6S. The molecule has 11 heteroatoms. The first-order chi connectivity index (χ1) is 18.9. The van der Waals surface area contributed by atoms with E-state index < -0.39 is 11.9 Å². The molecule has 1 atom stereocenters. The largest absolute Gasteiger partial charge is 0.420 e. The quantitative estimate of drug-likeness (QED) is 0.281. The van der Waals surface area contributed by atoms with E-state index in [0.29, 0.717) is 31.9 Å². The number of nitriles is 1. The molecule has 1 aliphatic heterocycles. The number of hydrogen-bond acceptors (Lipinski definition) is 9. The molecule has 0 radical (unpaired) electrons. The molecule has 4 rings (SSSR count). The fourth-order valence-corrected chi connectivity index (χ4v) is 3.65. The highest BCUT2D eigenvalue weighted by Crippen LogP contribution is 2.24. The summed E-state index contributed by atoms with van der Waals surface area (Å²) in [5, 5.41) is 22.5. The smallest absolute Gasteiger partial charge is 0.408 e. The molecule has 1 fully saturated rings. The highest BCUT2D eigenvalue weighted by Gasteiger charge is 2.19. The lowest BCUT2D eigenvalue weighted by atomic mass is 10.0. The second kappa shape index (κ2) is 18.2.